The molecule has 1 aromatic heterocycles. The first-order valence-electron chi connectivity index (χ1n) is 9.51. The van der Waals surface area contributed by atoms with Gasteiger partial charge < -0.3 is 10.0 Å². The van der Waals surface area contributed by atoms with Gasteiger partial charge in [-0.1, -0.05) is 32.0 Å². The summed E-state index contributed by atoms with van der Waals surface area (Å²) in [6.07, 6.45) is 0.637. The SMILES string of the molecule is CC(C)CN1CCN(C(=O)c2cc(=O)n(-c3ccccc3)[nH]2)CC1CCO. The quantitative estimate of drug-likeness (QED) is 0.802. The number of benzene rings is 1. The zero-order valence-corrected chi connectivity index (χ0v) is 16.0. The Morgan fingerprint density at radius 2 is 2.00 bits per heavy atom. The fourth-order valence-corrected chi connectivity index (χ4v) is 3.65. The van der Waals surface area contributed by atoms with Crippen LogP contribution >= 0.6 is 0 Å². The van der Waals surface area contributed by atoms with Crippen molar-refractivity contribution in [3.05, 3.63) is 52.4 Å². The monoisotopic (exact) mass is 372 g/mol. The van der Waals surface area contributed by atoms with Crippen molar-refractivity contribution in [3.8, 4) is 5.69 Å². The second-order valence-electron chi connectivity index (χ2n) is 7.49. The van der Waals surface area contributed by atoms with Gasteiger partial charge in [-0.15, -0.1) is 0 Å². The summed E-state index contributed by atoms with van der Waals surface area (Å²) < 4.78 is 1.38. The van der Waals surface area contributed by atoms with E-state index < -0.39 is 0 Å². The predicted molar refractivity (Wildman–Crippen MR) is 104 cm³/mol. The summed E-state index contributed by atoms with van der Waals surface area (Å²) in [5.41, 5.74) is 0.736. The Bertz CT molecular complexity index is 812. The Morgan fingerprint density at radius 1 is 1.26 bits per heavy atom. The van der Waals surface area contributed by atoms with Gasteiger partial charge in [-0.2, -0.15) is 0 Å². The van der Waals surface area contributed by atoms with Crippen LogP contribution in [0.4, 0.5) is 0 Å². The van der Waals surface area contributed by atoms with E-state index in [9.17, 15) is 14.7 Å². The lowest BCUT2D eigenvalue weighted by atomic mass is 10.1. The van der Waals surface area contributed by atoms with Crippen LogP contribution in [0.2, 0.25) is 0 Å². The molecular weight excluding hydrogens is 344 g/mol. The Kier molecular flexibility index (Phi) is 6.13. The van der Waals surface area contributed by atoms with E-state index in [0.29, 0.717) is 36.8 Å². The highest BCUT2D eigenvalue weighted by Crippen LogP contribution is 2.17. The van der Waals surface area contributed by atoms with Gasteiger partial charge in [0, 0.05) is 44.9 Å². The van der Waals surface area contributed by atoms with E-state index in [4.69, 9.17) is 0 Å². The third kappa shape index (κ3) is 4.48. The summed E-state index contributed by atoms with van der Waals surface area (Å²) in [5, 5.41) is 12.3. The number of nitrogens with zero attached hydrogens (tertiary/aromatic N) is 3. The molecule has 27 heavy (non-hydrogen) atoms. The second kappa shape index (κ2) is 8.54. The number of amides is 1. The van der Waals surface area contributed by atoms with Gasteiger partial charge in [0.05, 0.1) is 5.69 Å². The summed E-state index contributed by atoms with van der Waals surface area (Å²) in [5.74, 6) is 0.360. The van der Waals surface area contributed by atoms with E-state index in [1.165, 1.54) is 10.7 Å². The van der Waals surface area contributed by atoms with Crippen LogP contribution in [0.1, 0.15) is 30.8 Å². The number of carbonyl (C=O) groups is 1. The zero-order chi connectivity index (χ0) is 19.4. The van der Waals surface area contributed by atoms with Crippen molar-refractivity contribution in [1.29, 1.82) is 0 Å². The second-order valence-corrected chi connectivity index (χ2v) is 7.49. The molecule has 1 saturated heterocycles. The minimum Gasteiger partial charge on any atom is -0.396 e. The molecule has 1 fully saturated rings. The highest BCUT2D eigenvalue weighted by atomic mass is 16.3. The molecule has 2 N–H and O–H groups in total. The van der Waals surface area contributed by atoms with Crippen LogP contribution in [0.5, 0.6) is 0 Å². The molecule has 2 aromatic rings. The highest BCUT2D eigenvalue weighted by Gasteiger charge is 2.30. The van der Waals surface area contributed by atoms with Crippen LogP contribution in [0.3, 0.4) is 0 Å². The van der Waals surface area contributed by atoms with Gasteiger partial charge in [0.1, 0.15) is 5.69 Å². The third-order valence-corrected chi connectivity index (χ3v) is 4.92. The summed E-state index contributed by atoms with van der Waals surface area (Å²) >= 11 is 0. The summed E-state index contributed by atoms with van der Waals surface area (Å²) in [6, 6.07) is 10.7. The van der Waals surface area contributed by atoms with E-state index in [1.807, 2.05) is 30.3 Å². The van der Waals surface area contributed by atoms with Gasteiger partial charge in [-0.3, -0.25) is 19.6 Å². The minimum atomic E-state index is -0.255. The fourth-order valence-electron chi connectivity index (χ4n) is 3.65. The maximum atomic E-state index is 12.9. The number of piperazine rings is 1. The van der Waals surface area contributed by atoms with Crippen LogP contribution in [0.25, 0.3) is 5.69 Å². The number of aliphatic hydroxyl groups excluding tert-OH is 1. The normalized spacial score (nSPS) is 18.2. The number of carbonyl (C=O) groups excluding carboxylic acids is 1. The largest absolute Gasteiger partial charge is 0.396 e. The standard InChI is InChI=1S/C20H28N4O3/c1-15(2)13-22-9-10-23(14-17(22)8-11-25)20(27)18-12-19(26)24(21-18)16-6-4-3-5-7-16/h3-7,12,15,17,21,25H,8-11,13-14H2,1-2H3. The van der Waals surface area contributed by atoms with Gasteiger partial charge >= 0.3 is 0 Å². The third-order valence-electron chi connectivity index (χ3n) is 4.92. The number of aliphatic hydroxyl groups is 1. The number of nitrogens with one attached hydrogen (secondary N) is 1. The Balaban J connectivity index is 1.75. The molecule has 7 heteroatoms. The Morgan fingerprint density at radius 3 is 2.67 bits per heavy atom. The first kappa shape index (κ1) is 19.4. The summed E-state index contributed by atoms with van der Waals surface area (Å²) in [7, 11) is 0. The van der Waals surface area contributed by atoms with E-state index >= 15 is 0 Å². The number of para-hydroxylation sites is 1. The van der Waals surface area contributed by atoms with Crippen molar-refractivity contribution in [2.24, 2.45) is 5.92 Å². The van der Waals surface area contributed by atoms with Crippen LogP contribution in [-0.2, 0) is 0 Å². The Labute approximate surface area is 159 Å². The molecule has 0 aliphatic carbocycles. The number of aromatic nitrogens is 2. The lowest BCUT2D eigenvalue weighted by Gasteiger charge is -2.42. The first-order chi connectivity index (χ1) is 13.0. The fraction of sp³-hybridized carbons (Fsp3) is 0.500. The van der Waals surface area contributed by atoms with Crippen molar-refractivity contribution in [2.45, 2.75) is 26.3 Å². The zero-order valence-electron chi connectivity index (χ0n) is 16.0. The summed E-state index contributed by atoms with van der Waals surface area (Å²) in [6.45, 7) is 7.35. The number of aromatic amines is 1. The number of rotatable bonds is 6. The smallest absolute Gasteiger partial charge is 0.272 e. The maximum Gasteiger partial charge on any atom is 0.272 e. The van der Waals surface area contributed by atoms with Gasteiger partial charge in [-0.05, 0) is 24.5 Å². The van der Waals surface area contributed by atoms with E-state index in [-0.39, 0.29) is 24.1 Å². The molecule has 7 nitrogen and oxygen atoms in total. The molecule has 0 saturated carbocycles. The molecule has 1 aliphatic heterocycles. The van der Waals surface area contributed by atoms with Crippen LogP contribution < -0.4 is 5.56 Å². The average Bonchev–Trinajstić information content (AvgIpc) is 3.05. The lowest BCUT2D eigenvalue weighted by molar-refractivity contribution is 0.0380. The van der Waals surface area contributed by atoms with Crippen molar-refractivity contribution in [1.82, 2.24) is 19.6 Å². The number of hydrogen-bond acceptors (Lipinski definition) is 4. The molecule has 0 spiro atoms. The minimum absolute atomic E-state index is 0.0997. The van der Waals surface area contributed by atoms with Crippen molar-refractivity contribution in [2.75, 3.05) is 32.8 Å². The topological polar surface area (TPSA) is 81.6 Å². The van der Waals surface area contributed by atoms with Gasteiger partial charge in [0.2, 0.25) is 0 Å². The van der Waals surface area contributed by atoms with Crippen molar-refractivity contribution < 1.29 is 9.90 Å². The average molecular weight is 372 g/mol. The van der Waals surface area contributed by atoms with Gasteiger partial charge in [0.15, 0.2) is 0 Å². The molecule has 0 radical (unpaired) electrons. The molecule has 1 aromatic carbocycles. The molecule has 0 bridgehead atoms. The highest BCUT2D eigenvalue weighted by molar-refractivity contribution is 5.92. The molecule has 1 atom stereocenters. The lowest BCUT2D eigenvalue weighted by Crippen LogP contribution is -2.55. The van der Waals surface area contributed by atoms with Gasteiger partial charge in [0.25, 0.3) is 11.5 Å². The van der Waals surface area contributed by atoms with Gasteiger partial charge in [-0.25, -0.2) is 4.68 Å². The number of H-pyrrole nitrogens is 1. The molecule has 1 aliphatic rings. The van der Waals surface area contributed by atoms with Crippen molar-refractivity contribution in [3.63, 3.8) is 0 Å². The number of hydrogen-bond donors (Lipinski definition) is 2. The van der Waals surface area contributed by atoms with Crippen LogP contribution in [-0.4, -0.2) is 69.4 Å². The van der Waals surface area contributed by atoms with E-state index in [2.05, 4.69) is 23.8 Å². The molecule has 1 unspecified atom stereocenters. The van der Waals surface area contributed by atoms with E-state index in [1.54, 1.807) is 4.90 Å². The maximum absolute atomic E-state index is 12.9. The molecular formula is C20H28N4O3. The predicted octanol–water partition coefficient (Wildman–Crippen LogP) is 1.33. The van der Waals surface area contributed by atoms with E-state index in [0.717, 1.165) is 13.1 Å². The molecule has 2 heterocycles. The first-order valence-corrected chi connectivity index (χ1v) is 9.51. The van der Waals surface area contributed by atoms with Crippen LogP contribution in [0, 0.1) is 5.92 Å². The van der Waals surface area contributed by atoms with Crippen LogP contribution in [0.15, 0.2) is 41.2 Å². The Hall–Kier alpha value is -2.38. The summed E-state index contributed by atoms with van der Waals surface area (Å²) in [4.78, 5) is 29.3. The molecule has 3 rings (SSSR count). The molecule has 146 valence electrons. The van der Waals surface area contributed by atoms with Crippen molar-refractivity contribution >= 4 is 5.91 Å². The molecule has 1 amide bonds.